The van der Waals surface area contributed by atoms with Gasteiger partial charge in [0.25, 0.3) is 0 Å². The van der Waals surface area contributed by atoms with E-state index in [2.05, 4.69) is 21.1 Å². The summed E-state index contributed by atoms with van der Waals surface area (Å²) in [5.74, 6) is 0.800. The fourth-order valence-electron chi connectivity index (χ4n) is 2.18. The van der Waals surface area contributed by atoms with Gasteiger partial charge in [-0.15, -0.1) is 0 Å². The summed E-state index contributed by atoms with van der Waals surface area (Å²) in [6.45, 7) is 3.92. The third-order valence-corrected chi connectivity index (χ3v) is 3.25. The smallest absolute Gasteiger partial charge is 0.160 e. The van der Waals surface area contributed by atoms with Gasteiger partial charge in [-0.3, -0.25) is 4.68 Å². The van der Waals surface area contributed by atoms with E-state index >= 15 is 0 Å². The van der Waals surface area contributed by atoms with Gasteiger partial charge >= 0.3 is 0 Å². The van der Waals surface area contributed by atoms with Crippen molar-refractivity contribution >= 4 is 16.9 Å². The molecule has 0 aliphatic carbocycles. The number of fused-ring (bicyclic) bond motifs is 1. The molecule has 0 radical (unpaired) electrons. The molecule has 17 heavy (non-hydrogen) atoms. The van der Waals surface area contributed by atoms with Crippen LogP contribution in [0.1, 0.15) is 17.7 Å². The Bertz CT molecular complexity index is 630. The predicted octanol–water partition coefficient (Wildman–Crippen LogP) is 1.36. The van der Waals surface area contributed by atoms with Crippen LogP contribution in [-0.2, 0) is 7.05 Å². The topological polar surface area (TPSA) is 57.7 Å². The lowest BCUT2D eigenvalue weighted by molar-refractivity contribution is 0.609. The van der Waals surface area contributed by atoms with Crippen LogP contribution in [0.5, 0.6) is 0 Å². The lowest BCUT2D eigenvalue weighted by atomic mass is 10.1. The first kappa shape index (κ1) is 10.1. The van der Waals surface area contributed by atoms with E-state index in [4.69, 9.17) is 0 Å². The Morgan fingerprint density at radius 1 is 1.41 bits per heavy atom. The molecule has 0 aromatic carbocycles. The Morgan fingerprint density at radius 3 is 2.76 bits per heavy atom. The van der Waals surface area contributed by atoms with Gasteiger partial charge in [-0.25, -0.2) is 4.98 Å². The Labute approximate surface area is 99.3 Å². The van der Waals surface area contributed by atoms with Crippen LogP contribution in [0.4, 0.5) is 5.82 Å². The van der Waals surface area contributed by atoms with Crippen molar-refractivity contribution in [2.45, 2.75) is 13.3 Å². The van der Waals surface area contributed by atoms with E-state index in [9.17, 15) is 5.26 Å². The van der Waals surface area contributed by atoms with Gasteiger partial charge in [0.05, 0.1) is 11.3 Å². The van der Waals surface area contributed by atoms with Gasteiger partial charge in [-0.05, 0) is 19.4 Å². The molecule has 1 saturated heterocycles. The molecule has 3 heterocycles. The predicted molar refractivity (Wildman–Crippen MR) is 64.8 cm³/mol. The normalized spacial score (nSPS) is 14.8. The zero-order valence-corrected chi connectivity index (χ0v) is 9.93. The lowest BCUT2D eigenvalue weighted by Crippen LogP contribution is -2.38. The molecule has 5 heteroatoms. The van der Waals surface area contributed by atoms with E-state index in [1.807, 2.05) is 20.0 Å². The number of rotatable bonds is 1. The number of hydrogen-bond acceptors (Lipinski definition) is 4. The van der Waals surface area contributed by atoms with E-state index < -0.39 is 0 Å². The Morgan fingerprint density at radius 2 is 2.18 bits per heavy atom. The highest BCUT2D eigenvalue weighted by atomic mass is 15.3. The average Bonchev–Trinajstić information content (AvgIpc) is 2.51. The first-order valence-electron chi connectivity index (χ1n) is 5.70. The van der Waals surface area contributed by atoms with Gasteiger partial charge in [0, 0.05) is 25.5 Å². The van der Waals surface area contributed by atoms with Crippen LogP contribution in [0, 0.1) is 18.3 Å². The molecule has 0 spiro atoms. The zero-order valence-electron chi connectivity index (χ0n) is 9.93. The molecule has 0 N–H and O–H groups in total. The van der Waals surface area contributed by atoms with E-state index in [1.165, 1.54) is 6.42 Å². The molecular weight excluding hydrogens is 214 g/mol. The largest absolute Gasteiger partial charge is 0.355 e. The number of nitrogens with zero attached hydrogens (tertiary/aromatic N) is 5. The van der Waals surface area contributed by atoms with Gasteiger partial charge in [-0.2, -0.15) is 10.4 Å². The Kier molecular flexibility index (Phi) is 2.05. The number of aromatic nitrogens is 3. The fraction of sp³-hybridized carbons (Fsp3) is 0.417. The molecule has 3 rings (SSSR count). The highest BCUT2D eigenvalue weighted by molar-refractivity contribution is 5.83. The van der Waals surface area contributed by atoms with Crippen LogP contribution in [0.15, 0.2) is 6.07 Å². The van der Waals surface area contributed by atoms with E-state index in [0.717, 1.165) is 35.6 Å². The summed E-state index contributed by atoms with van der Waals surface area (Å²) in [6.07, 6.45) is 1.18. The SMILES string of the molecule is Cc1nn(C)c2nc(N3CCC3)c(C#N)cc12. The van der Waals surface area contributed by atoms with Crippen LogP contribution < -0.4 is 4.90 Å². The van der Waals surface area contributed by atoms with Gasteiger partial charge in [0.15, 0.2) is 5.65 Å². The van der Waals surface area contributed by atoms with Gasteiger partial charge < -0.3 is 4.90 Å². The quantitative estimate of drug-likeness (QED) is 0.738. The average molecular weight is 227 g/mol. The Balaban J connectivity index is 2.27. The summed E-state index contributed by atoms with van der Waals surface area (Å²) in [4.78, 5) is 6.73. The van der Waals surface area contributed by atoms with Crippen LogP contribution in [0.2, 0.25) is 0 Å². The Hall–Kier alpha value is -2.09. The molecule has 0 amide bonds. The molecule has 0 bridgehead atoms. The van der Waals surface area contributed by atoms with E-state index in [0.29, 0.717) is 5.56 Å². The molecule has 1 fully saturated rings. The van der Waals surface area contributed by atoms with Gasteiger partial charge in [0.1, 0.15) is 11.9 Å². The van der Waals surface area contributed by atoms with Crippen LogP contribution in [0.3, 0.4) is 0 Å². The minimum Gasteiger partial charge on any atom is -0.355 e. The van der Waals surface area contributed by atoms with E-state index in [-0.39, 0.29) is 0 Å². The van der Waals surface area contributed by atoms with Crippen LogP contribution in [0.25, 0.3) is 11.0 Å². The van der Waals surface area contributed by atoms with Crippen molar-refractivity contribution in [3.05, 3.63) is 17.3 Å². The van der Waals surface area contributed by atoms with Crippen LogP contribution >= 0.6 is 0 Å². The molecule has 1 aliphatic heterocycles. The number of pyridine rings is 1. The molecule has 0 unspecified atom stereocenters. The summed E-state index contributed by atoms with van der Waals surface area (Å²) in [5, 5.41) is 14.5. The maximum Gasteiger partial charge on any atom is 0.160 e. The summed E-state index contributed by atoms with van der Waals surface area (Å²) in [6, 6.07) is 4.13. The number of anilines is 1. The summed E-state index contributed by atoms with van der Waals surface area (Å²) in [5.41, 5.74) is 2.42. The number of nitriles is 1. The molecule has 0 atom stereocenters. The third kappa shape index (κ3) is 1.37. The van der Waals surface area contributed by atoms with Crippen molar-refractivity contribution in [3.63, 3.8) is 0 Å². The second-order valence-corrected chi connectivity index (χ2v) is 4.39. The fourth-order valence-corrected chi connectivity index (χ4v) is 2.18. The molecule has 1 aliphatic rings. The van der Waals surface area contributed by atoms with Crippen molar-refractivity contribution in [2.75, 3.05) is 18.0 Å². The minimum atomic E-state index is 0.647. The van der Waals surface area contributed by atoms with Gasteiger partial charge in [0.2, 0.25) is 0 Å². The standard InChI is InChI=1S/C12H13N5/c1-8-10-6-9(7-13)11(17-4-3-5-17)14-12(10)16(2)15-8/h6H,3-5H2,1-2H3. The number of hydrogen-bond donors (Lipinski definition) is 0. The summed E-state index contributed by atoms with van der Waals surface area (Å²) in [7, 11) is 1.88. The number of aryl methyl sites for hydroxylation is 2. The highest BCUT2D eigenvalue weighted by Crippen LogP contribution is 2.27. The first-order chi connectivity index (χ1) is 8.20. The van der Waals surface area contributed by atoms with Crippen LogP contribution in [-0.4, -0.2) is 27.9 Å². The minimum absolute atomic E-state index is 0.647. The second kappa shape index (κ2) is 3.45. The molecule has 2 aromatic heterocycles. The van der Waals surface area contributed by atoms with Gasteiger partial charge in [-0.1, -0.05) is 0 Å². The maximum absolute atomic E-state index is 9.20. The van der Waals surface area contributed by atoms with Crippen molar-refractivity contribution < 1.29 is 0 Å². The zero-order chi connectivity index (χ0) is 12.0. The summed E-state index contributed by atoms with van der Waals surface area (Å²) >= 11 is 0. The molecule has 86 valence electrons. The monoisotopic (exact) mass is 227 g/mol. The second-order valence-electron chi connectivity index (χ2n) is 4.39. The third-order valence-electron chi connectivity index (χ3n) is 3.25. The molecule has 0 saturated carbocycles. The lowest BCUT2D eigenvalue weighted by Gasteiger charge is -2.32. The first-order valence-corrected chi connectivity index (χ1v) is 5.70. The molecule has 5 nitrogen and oxygen atoms in total. The van der Waals surface area contributed by atoms with Crippen molar-refractivity contribution in [2.24, 2.45) is 7.05 Å². The van der Waals surface area contributed by atoms with Crippen molar-refractivity contribution in [1.29, 1.82) is 5.26 Å². The highest BCUT2D eigenvalue weighted by Gasteiger charge is 2.21. The molecular formula is C12H13N5. The maximum atomic E-state index is 9.20. The van der Waals surface area contributed by atoms with E-state index in [1.54, 1.807) is 4.68 Å². The summed E-state index contributed by atoms with van der Waals surface area (Å²) < 4.78 is 1.77. The van der Waals surface area contributed by atoms with Crippen molar-refractivity contribution in [1.82, 2.24) is 14.8 Å². The molecule has 2 aromatic rings. The van der Waals surface area contributed by atoms with Crippen molar-refractivity contribution in [3.8, 4) is 6.07 Å².